The molecule has 0 atom stereocenters. The molecule has 0 spiro atoms. The first-order valence-electron chi connectivity index (χ1n) is 4.75. The molecule has 0 radical (unpaired) electrons. The molecule has 1 aromatic heterocycles. The van der Waals surface area contributed by atoms with E-state index in [0.717, 1.165) is 17.8 Å². The van der Waals surface area contributed by atoms with Crippen molar-refractivity contribution < 1.29 is 18.3 Å². The van der Waals surface area contributed by atoms with E-state index < -0.39 is 15.8 Å². The number of rotatable bonds is 3. The van der Waals surface area contributed by atoms with E-state index in [4.69, 9.17) is 5.11 Å². The Morgan fingerprint density at radius 2 is 1.89 bits per heavy atom. The molecule has 6 nitrogen and oxygen atoms in total. The van der Waals surface area contributed by atoms with Gasteiger partial charge < -0.3 is 5.11 Å². The summed E-state index contributed by atoms with van der Waals surface area (Å²) in [6.45, 7) is 0. The predicted molar refractivity (Wildman–Crippen MR) is 65.4 cm³/mol. The van der Waals surface area contributed by atoms with E-state index in [1.54, 1.807) is 0 Å². The molecular weight excluding hydrogens is 276 g/mol. The van der Waals surface area contributed by atoms with E-state index in [0.29, 0.717) is 5.56 Å². The monoisotopic (exact) mass is 284 g/mol. The van der Waals surface area contributed by atoms with Crippen LogP contribution in [0.15, 0.2) is 28.6 Å². The van der Waals surface area contributed by atoms with Gasteiger partial charge in [-0.15, -0.1) is 0 Å². The topological polar surface area (TPSA) is 97.2 Å². The Balaban J connectivity index is 2.38. The van der Waals surface area contributed by atoms with Gasteiger partial charge in [-0.05, 0) is 23.7 Å². The molecule has 0 unspecified atom stereocenters. The number of hydrogen-bond donors (Lipinski definition) is 1. The van der Waals surface area contributed by atoms with Crippen LogP contribution in [0.2, 0.25) is 0 Å². The van der Waals surface area contributed by atoms with Crippen LogP contribution in [0.25, 0.3) is 11.4 Å². The first-order chi connectivity index (χ1) is 8.38. The zero-order valence-corrected chi connectivity index (χ0v) is 10.8. The molecule has 2 rings (SSSR count). The van der Waals surface area contributed by atoms with Crippen LogP contribution in [0.3, 0.4) is 0 Å². The Labute approximate surface area is 107 Å². The standard InChI is InChI=1S/C10H8N2O4S2/c1-18(15,16)10-11-8(12-17-10)6-2-4-7(5-3-6)9(13)14/h2-5H,1H3,(H,13,14). The summed E-state index contributed by atoms with van der Waals surface area (Å²) >= 11 is 0.796. The second-order valence-corrected chi connectivity index (χ2v) is 6.48. The number of benzene rings is 1. The van der Waals surface area contributed by atoms with Gasteiger partial charge in [0.1, 0.15) is 0 Å². The highest BCUT2D eigenvalue weighted by molar-refractivity contribution is 7.92. The van der Waals surface area contributed by atoms with Crippen molar-refractivity contribution >= 4 is 27.3 Å². The Kier molecular flexibility index (Phi) is 3.14. The maximum atomic E-state index is 11.3. The lowest BCUT2D eigenvalue weighted by Crippen LogP contribution is -1.96. The van der Waals surface area contributed by atoms with Gasteiger partial charge in [-0.3, -0.25) is 0 Å². The quantitative estimate of drug-likeness (QED) is 0.912. The van der Waals surface area contributed by atoms with Crippen LogP contribution in [0.1, 0.15) is 10.4 Å². The summed E-state index contributed by atoms with van der Waals surface area (Å²) in [5.41, 5.74) is 0.725. The van der Waals surface area contributed by atoms with Gasteiger partial charge in [-0.2, -0.15) is 4.37 Å². The fourth-order valence-electron chi connectivity index (χ4n) is 1.24. The molecule has 0 saturated carbocycles. The third-order valence-electron chi connectivity index (χ3n) is 2.11. The van der Waals surface area contributed by atoms with Crippen LogP contribution in [0, 0.1) is 0 Å². The molecule has 1 aromatic carbocycles. The summed E-state index contributed by atoms with van der Waals surface area (Å²) in [6.07, 6.45) is 1.06. The zero-order chi connectivity index (χ0) is 13.3. The summed E-state index contributed by atoms with van der Waals surface area (Å²) in [5, 5.41) is 8.75. The lowest BCUT2D eigenvalue weighted by atomic mass is 10.1. The summed E-state index contributed by atoms with van der Waals surface area (Å²) in [4.78, 5) is 14.6. The first kappa shape index (κ1) is 12.7. The van der Waals surface area contributed by atoms with Gasteiger partial charge in [-0.25, -0.2) is 18.2 Å². The highest BCUT2D eigenvalue weighted by atomic mass is 32.2. The lowest BCUT2D eigenvalue weighted by molar-refractivity contribution is 0.0697. The maximum Gasteiger partial charge on any atom is 0.335 e. The minimum Gasteiger partial charge on any atom is -0.478 e. The van der Waals surface area contributed by atoms with Crippen molar-refractivity contribution in [3.8, 4) is 11.4 Å². The normalized spacial score (nSPS) is 11.4. The molecular formula is C10H8N2O4S2. The summed E-state index contributed by atoms with van der Waals surface area (Å²) in [5.74, 6) is -0.748. The molecule has 18 heavy (non-hydrogen) atoms. The number of aromatic carboxylic acids is 1. The highest BCUT2D eigenvalue weighted by Gasteiger charge is 2.15. The van der Waals surface area contributed by atoms with E-state index in [1.807, 2.05) is 0 Å². The summed E-state index contributed by atoms with van der Waals surface area (Å²) in [6, 6.07) is 5.91. The molecule has 2 aromatic rings. The van der Waals surface area contributed by atoms with E-state index in [-0.39, 0.29) is 15.7 Å². The molecule has 0 fully saturated rings. The third-order valence-corrected chi connectivity index (χ3v) is 4.48. The van der Waals surface area contributed by atoms with Gasteiger partial charge in [-0.1, -0.05) is 12.1 Å². The van der Waals surface area contributed by atoms with Crippen molar-refractivity contribution in [3.63, 3.8) is 0 Å². The second-order valence-electron chi connectivity index (χ2n) is 3.54. The second kappa shape index (κ2) is 4.46. The number of hydrogen-bond acceptors (Lipinski definition) is 6. The van der Waals surface area contributed by atoms with Gasteiger partial charge in [0.05, 0.1) is 5.56 Å². The van der Waals surface area contributed by atoms with Gasteiger partial charge in [0.25, 0.3) is 0 Å². The third kappa shape index (κ3) is 2.54. The van der Waals surface area contributed by atoms with Crippen LogP contribution in [0.5, 0.6) is 0 Å². The number of carboxylic acid groups (broad SMARTS) is 1. The predicted octanol–water partition coefficient (Wildman–Crippen LogP) is 1.31. The van der Waals surface area contributed by atoms with Gasteiger partial charge in [0.2, 0.25) is 14.2 Å². The molecule has 94 valence electrons. The van der Waals surface area contributed by atoms with Crippen molar-refractivity contribution in [2.75, 3.05) is 6.26 Å². The Hall–Kier alpha value is -1.80. The minimum absolute atomic E-state index is 0.0557. The lowest BCUT2D eigenvalue weighted by Gasteiger charge is -1.96. The number of carbonyl (C=O) groups is 1. The fourth-order valence-corrected chi connectivity index (χ4v) is 2.58. The molecule has 0 bridgehead atoms. The Morgan fingerprint density at radius 1 is 1.28 bits per heavy atom. The summed E-state index contributed by atoms with van der Waals surface area (Å²) < 4.78 is 26.4. The number of nitrogens with zero attached hydrogens (tertiary/aromatic N) is 2. The first-order valence-corrected chi connectivity index (χ1v) is 7.42. The van der Waals surface area contributed by atoms with Gasteiger partial charge >= 0.3 is 5.97 Å². The fraction of sp³-hybridized carbons (Fsp3) is 0.100. The van der Waals surface area contributed by atoms with Crippen LogP contribution in [-0.4, -0.2) is 35.1 Å². The molecule has 1 N–H and O–H groups in total. The maximum absolute atomic E-state index is 11.3. The van der Waals surface area contributed by atoms with Crippen molar-refractivity contribution in [2.24, 2.45) is 0 Å². The number of aromatic nitrogens is 2. The smallest absolute Gasteiger partial charge is 0.335 e. The van der Waals surface area contributed by atoms with E-state index in [2.05, 4.69) is 9.36 Å². The molecule has 0 aliphatic carbocycles. The van der Waals surface area contributed by atoms with E-state index in [1.165, 1.54) is 24.3 Å². The van der Waals surface area contributed by atoms with E-state index >= 15 is 0 Å². The molecule has 1 heterocycles. The molecule has 0 aliphatic heterocycles. The average molecular weight is 284 g/mol. The van der Waals surface area contributed by atoms with Crippen molar-refractivity contribution in [1.82, 2.24) is 9.36 Å². The highest BCUT2D eigenvalue weighted by Crippen LogP contribution is 2.21. The minimum atomic E-state index is -3.36. The SMILES string of the molecule is CS(=O)(=O)c1nc(-c2ccc(C(=O)O)cc2)ns1. The number of sulfone groups is 1. The van der Waals surface area contributed by atoms with Crippen molar-refractivity contribution in [3.05, 3.63) is 29.8 Å². The average Bonchev–Trinajstić information content (AvgIpc) is 2.78. The van der Waals surface area contributed by atoms with Crippen LogP contribution in [-0.2, 0) is 9.84 Å². The van der Waals surface area contributed by atoms with Crippen molar-refractivity contribution in [1.29, 1.82) is 0 Å². The van der Waals surface area contributed by atoms with Gasteiger partial charge in [0, 0.05) is 11.8 Å². The Bertz CT molecular complexity index is 689. The van der Waals surface area contributed by atoms with Gasteiger partial charge in [0.15, 0.2) is 5.82 Å². The van der Waals surface area contributed by atoms with Crippen LogP contribution >= 0.6 is 11.5 Å². The molecule has 0 saturated heterocycles. The van der Waals surface area contributed by atoms with Crippen molar-refractivity contribution in [2.45, 2.75) is 4.34 Å². The zero-order valence-electron chi connectivity index (χ0n) is 9.19. The largest absolute Gasteiger partial charge is 0.478 e. The van der Waals surface area contributed by atoms with E-state index in [9.17, 15) is 13.2 Å². The number of carboxylic acids is 1. The molecule has 0 aliphatic rings. The van der Waals surface area contributed by atoms with Crippen LogP contribution in [0.4, 0.5) is 0 Å². The molecule has 0 amide bonds. The molecule has 8 heteroatoms. The Morgan fingerprint density at radius 3 is 2.33 bits per heavy atom. The summed E-state index contributed by atoms with van der Waals surface area (Å²) in [7, 11) is -3.36. The van der Waals surface area contributed by atoms with Crippen LogP contribution < -0.4 is 0 Å².